The van der Waals surface area contributed by atoms with Gasteiger partial charge >= 0.3 is 7.60 Å². The van der Waals surface area contributed by atoms with Gasteiger partial charge in [0.2, 0.25) is 0 Å². The van der Waals surface area contributed by atoms with Crippen molar-refractivity contribution in [2.45, 2.75) is 13.8 Å². The number of hydrogen-bond acceptors (Lipinski definition) is 4. The maximum atomic E-state index is 13.1. The molecule has 1 saturated heterocycles. The molecule has 2 aromatic carbocycles. The van der Waals surface area contributed by atoms with Gasteiger partial charge < -0.3 is 9.05 Å². The molecule has 1 aliphatic rings. The van der Waals surface area contributed by atoms with Crippen molar-refractivity contribution < 1.29 is 13.6 Å². The Bertz CT molecular complexity index is 821. The zero-order valence-electron chi connectivity index (χ0n) is 15.1. The van der Waals surface area contributed by atoms with E-state index in [-0.39, 0.29) is 11.6 Å². The van der Waals surface area contributed by atoms with Crippen LogP contribution in [0.4, 0.5) is 0 Å². The zero-order chi connectivity index (χ0) is 18.8. The van der Waals surface area contributed by atoms with E-state index in [2.05, 4.69) is 6.58 Å². The van der Waals surface area contributed by atoms with Gasteiger partial charge in [-0.1, -0.05) is 92.9 Å². The van der Waals surface area contributed by atoms with Crippen LogP contribution in [0.3, 0.4) is 0 Å². The van der Waals surface area contributed by atoms with Crippen LogP contribution >= 0.6 is 13.6 Å². The van der Waals surface area contributed by atoms with E-state index in [1.807, 2.05) is 74.5 Å². The fourth-order valence-corrected chi connectivity index (χ4v) is 9.40. The Hall–Kier alpha value is -1.02. The lowest BCUT2D eigenvalue weighted by Crippen LogP contribution is -2.30. The highest BCUT2D eigenvalue weighted by molar-refractivity contribution is 8.24. The molecule has 0 amide bonds. The summed E-state index contributed by atoms with van der Waals surface area (Å²) in [6, 6.07) is 17.6. The number of benzene rings is 2. The molecule has 1 aliphatic heterocycles. The minimum Gasteiger partial charge on any atom is -0.308 e. The summed E-state index contributed by atoms with van der Waals surface area (Å²) in [6.07, 6.45) is 0.157. The molecule has 138 valence electrons. The van der Waals surface area contributed by atoms with E-state index in [1.165, 1.54) is 0 Å². The first-order valence-corrected chi connectivity index (χ1v) is 13.1. The van der Waals surface area contributed by atoms with Crippen LogP contribution in [-0.2, 0) is 25.4 Å². The average molecular weight is 406 g/mol. The van der Waals surface area contributed by atoms with Crippen molar-refractivity contribution in [2.75, 3.05) is 19.4 Å². The summed E-state index contributed by atoms with van der Waals surface area (Å²) in [7, 11) is -3.23. The first kappa shape index (κ1) is 19.7. The normalized spacial score (nSPS) is 19.0. The Balaban J connectivity index is 1.95. The van der Waals surface area contributed by atoms with Gasteiger partial charge in [-0.05, 0) is 15.9 Å². The highest BCUT2D eigenvalue weighted by atomic mass is 32.4. The Morgan fingerprint density at radius 2 is 1.46 bits per heavy atom. The molecule has 26 heavy (non-hydrogen) atoms. The summed E-state index contributed by atoms with van der Waals surface area (Å²) in [6.45, 7) is 9.16. The minimum absolute atomic E-state index is 0.131. The molecule has 1 heterocycles. The molecule has 0 saturated carbocycles. The average Bonchev–Trinajstić information content (AvgIpc) is 2.65. The molecule has 0 bridgehead atoms. The molecule has 0 aromatic heterocycles. The summed E-state index contributed by atoms with van der Waals surface area (Å²) in [5, 5.41) is 2.83. The van der Waals surface area contributed by atoms with Crippen LogP contribution in [0.15, 0.2) is 72.6 Å². The molecule has 0 radical (unpaired) electrons. The Morgan fingerprint density at radius 3 is 1.88 bits per heavy atom. The van der Waals surface area contributed by atoms with Crippen molar-refractivity contribution >= 4 is 36.0 Å². The molecule has 0 N–H and O–H groups in total. The van der Waals surface area contributed by atoms with Crippen LogP contribution in [0.2, 0.25) is 0 Å². The van der Waals surface area contributed by atoms with Gasteiger partial charge in [-0.15, -0.1) is 0 Å². The highest BCUT2D eigenvalue weighted by Crippen LogP contribution is 2.61. The lowest BCUT2D eigenvalue weighted by molar-refractivity contribution is 0.0425. The monoisotopic (exact) mass is 406 g/mol. The third-order valence-corrected chi connectivity index (χ3v) is 11.6. The standard InChI is InChI=1S/C20H24O3P2S/c1-17(14-24(21)22-15-20(2,3)16-23-24)25(26,18-10-6-4-7-11-18)19-12-8-5-9-13-19/h4-13H,1,14-16H2,2-3H3. The SMILES string of the molecule is C=C(CP1(=O)OCC(C)(C)CO1)P(=S)(c1ccccc1)c1ccccc1. The quantitative estimate of drug-likeness (QED) is 0.662. The zero-order valence-corrected chi connectivity index (χ0v) is 17.7. The van der Waals surface area contributed by atoms with Crippen LogP contribution in [-0.4, -0.2) is 19.4 Å². The summed E-state index contributed by atoms with van der Waals surface area (Å²) in [5.41, 5.74) is -0.131. The smallest absolute Gasteiger partial charge is 0.308 e. The topological polar surface area (TPSA) is 35.5 Å². The fourth-order valence-electron chi connectivity index (χ4n) is 2.83. The molecule has 3 nitrogen and oxygen atoms in total. The number of rotatable bonds is 5. The summed E-state index contributed by atoms with van der Waals surface area (Å²) in [5.74, 6) is 0. The maximum absolute atomic E-state index is 13.1. The molecule has 0 aliphatic carbocycles. The molecule has 0 atom stereocenters. The van der Waals surface area contributed by atoms with Gasteiger partial charge in [0.25, 0.3) is 0 Å². The van der Waals surface area contributed by atoms with E-state index >= 15 is 0 Å². The first-order valence-electron chi connectivity index (χ1n) is 8.53. The third-order valence-electron chi connectivity index (χ3n) is 4.37. The van der Waals surface area contributed by atoms with Crippen molar-refractivity contribution in [3.8, 4) is 0 Å². The van der Waals surface area contributed by atoms with Gasteiger partial charge in [0.1, 0.15) is 0 Å². The van der Waals surface area contributed by atoms with Gasteiger partial charge in [0.05, 0.1) is 19.4 Å². The third kappa shape index (κ3) is 4.11. The van der Waals surface area contributed by atoms with Crippen LogP contribution < -0.4 is 10.6 Å². The van der Waals surface area contributed by atoms with Gasteiger partial charge in [-0.2, -0.15) is 0 Å². The second-order valence-electron chi connectivity index (χ2n) is 7.33. The Kier molecular flexibility index (Phi) is 5.72. The predicted octanol–water partition coefficient (Wildman–Crippen LogP) is 4.90. The van der Waals surface area contributed by atoms with Crippen molar-refractivity contribution in [1.82, 2.24) is 0 Å². The fraction of sp³-hybridized carbons (Fsp3) is 0.300. The predicted molar refractivity (Wildman–Crippen MR) is 114 cm³/mol. The lowest BCUT2D eigenvalue weighted by Gasteiger charge is -2.35. The van der Waals surface area contributed by atoms with E-state index in [0.29, 0.717) is 13.2 Å². The summed E-state index contributed by atoms with van der Waals surface area (Å²) >= 11 is 6.20. The largest absolute Gasteiger partial charge is 0.335 e. The first-order chi connectivity index (χ1) is 12.3. The van der Waals surface area contributed by atoms with E-state index in [0.717, 1.165) is 15.9 Å². The van der Waals surface area contributed by atoms with Crippen molar-refractivity contribution in [3.05, 3.63) is 72.6 Å². The minimum atomic E-state index is -3.23. The van der Waals surface area contributed by atoms with Crippen LogP contribution in [0.1, 0.15) is 13.8 Å². The lowest BCUT2D eigenvalue weighted by atomic mass is 9.97. The molecule has 1 fully saturated rings. The van der Waals surface area contributed by atoms with Crippen molar-refractivity contribution in [1.29, 1.82) is 0 Å². The van der Waals surface area contributed by atoms with Crippen molar-refractivity contribution in [2.24, 2.45) is 5.41 Å². The van der Waals surface area contributed by atoms with Gasteiger partial charge in [-0.3, -0.25) is 4.57 Å². The Labute approximate surface area is 161 Å². The summed E-state index contributed by atoms with van der Waals surface area (Å²) in [4.78, 5) is 0. The molecular formula is C20H24O3P2S. The molecule has 0 spiro atoms. The molecule has 6 heteroatoms. The van der Waals surface area contributed by atoms with Crippen molar-refractivity contribution in [3.63, 3.8) is 0 Å². The maximum Gasteiger partial charge on any atom is 0.335 e. The van der Waals surface area contributed by atoms with E-state index in [1.54, 1.807) is 0 Å². The van der Waals surface area contributed by atoms with Gasteiger partial charge in [0, 0.05) is 11.5 Å². The molecule has 2 aromatic rings. The van der Waals surface area contributed by atoms with Gasteiger partial charge in [-0.25, -0.2) is 0 Å². The van der Waals surface area contributed by atoms with E-state index in [4.69, 9.17) is 20.9 Å². The molecular weight excluding hydrogens is 382 g/mol. The number of hydrogen-bond donors (Lipinski definition) is 0. The second-order valence-corrected chi connectivity index (χ2v) is 13.9. The summed E-state index contributed by atoms with van der Waals surface area (Å²) < 4.78 is 24.4. The molecule has 0 unspecified atom stereocenters. The molecule has 3 rings (SSSR count). The van der Waals surface area contributed by atoms with Crippen LogP contribution in [0, 0.1) is 5.41 Å². The van der Waals surface area contributed by atoms with Crippen LogP contribution in [0.25, 0.3) is 0 Å². The number of allylic oxidation sites excluding steroid dienone is 1. The van der Waals surface area contributed by atoms with Gasteiger partial charge in [0.15, 0.2) is 0 Å². The van der Waals surface area contributed by atoms with Crippen LogP contribution in [0.5, 0.6) is 0 Å². The highest BCUT2D eigenvalue weighted by Gasteiger charge is 2.39. The second kappa shape index (κ2) is 7.54. The van der Waals surface area contributed by atoms with E-state index in [9.17, 15) is 4.57 Å². The van der Waals surface area contributed by atoms with E-state index < -0.39 is 13.6 Å². The Morgan fingerprint density at radius 1 is 1.04 bits per heavy atom.